The molecule has 0 bridgehead atoms. The highest BCUT2D eigenvalue weighted by atomic mass is 16.3. The summed E-state index contributed by atoms with van der Waals surface area (Å²) in [6.45, 7) is 7.34. The van der Waals surface area contributed by atoms with Crippen LogP contribution < -0.4 is 4.90 Å². The normalized spacial score (nSPS) is 24.5. The Morgan fingerprint density at radius 1 is 1.25 bits per heavy atom. The fraction of sp³-hybridized carbons (Fsp3) is 0.571. The van der Waals surface area contributed by atoms with E-state index in [9.17, 15) is 5.11 Å². The Morgan fingerprint density at radius 2 is 1.88 bits per heavy atom. The van der Waals surface area contributed by atoms with Crippen molar-refractivity contribution in [3.8, 4) is 0 Å². The highest BCUT2D eigenvalue weighted by Gasteiger charge is 2.33. The molecule has 88 valence electrons. The molecular weight excluding hydrogens is 198 g/mol. The van der Waals surface area contributed by atoms with Gasteiger partial charge in [0.2, 0.25) is 0 Å². The molecule has 0 radical (unpaired) electrons. The molecule has 1 atom stereocenters. The van der Waals surface area contributed by atoms with Crippen molar-refractivity contribution in [3.63, 3.8) is 0 Å². The Balaban J connectivity index is 2.26. The summed E-state index contributed by atoms with van der Waals surface area (Å²) in [4.78, 5) is 2.32. The first-order valence-corrected chi connectivity index (χ1v) is 6.01. The van der Waals surface area contributed by atoms with Gasteiger partial charge in [0.1, 0.15) is 0 Å². The van der Waals surface area contributed by atoms with Crippen LogP contribution in [-0.4, -0.2) is 23.3 Å². The van der Waals surface area contributed by atoms with Crippen LogP contribution in [0.4, 0.5) is 5.69 Å². The smallest absolute Gasteiger partial charge is 0.0716 e. The lowest BCUT2D eigenvalue weighted by Gasteiger charge is -2.46. The third kappa shape index (κ3) is 2.22. The molecule has 16 heavy (non-hydrogen) atoms. The molecule has 1 N–H and O–H groups in total. The number of nitrogens with zero attached hydrogens (tertiary/aromatic N) is 1. The lowest BCUT2D eigenvalue weighted by atomic mass is 9.88. The third-order valence-electron chi connectivity index (χ3n) is 3.56. The molecule has 1 heterocycles. The van der Waals surface area contributed by atoms with Gasteiger partial charge in [-0.15, -0.1) is 0 Å². The van der Waals surface area contributed by atoms with E-state index >= 15 is 0 Å². The van der Waals surface area contributed by atoms with E-state index in [0.717, 1.165) is 19.4 Å². The van der Waals surface area contributed by atoms with Gasteiger partial charge in [-0.2, -0.15) is 0 Å². The predicted molar refractivity (Wildman–Crippen MR) is 67.8 cm³/mol. The van der Waals surface area contributed by atoms with E-state index in [0.29, 0.717) is 0 Å². The van der Waals surface area contributed by atoms with Crippen molar-refractivity contribution in [2.75, 3.05) is 11.4 Å². The zero-order valence-electron chi connectivity index (χ0n) is 10.4. The fourth-order valence-corrected chi connectivity index (χ4v) is 2.38. The number of β-amino-alcohol motifs (C(OH)–C–C–N with tert-alkyl or cyclic N) is 1. The second kappa shape index (κ2) is 4.10. The molecule has 1 saturated heterocycles. The molecule has 1 aliphatic heterocycles. The van der Waals surface area contributed by atoms with Gasteiger partial charge < -0.3 is 10.0 Å². The predicted octanol–water partition coefficient (Wildman–Crippen LogP) is 2.73. The summed E-state index contributed by atoms with van der Waals surface area (Å²) in [5.41, 5.74) is 2.64. The number of aliphatic hydroxyl groups is 1. The zero-order chi connectivity index (χ0) is 11.8. The van der Waals surface area contributed by atoms with E-state index in [1.165, 1.54) is 11.3 Å². The molecule has 2 heteroatoms. The topological polar surface area (TPSA) is 23.5 Å². The molecule has 0 aromatic heterocycles. The lowest BCUT2D eigenvalue weighted by Crippen LogP contribution is -2.52. The van der Waals surface area contributed by atoms with Crippen LogP contribution in [0.1, 0.15) is 32.3 Å². The number of benzene rings is 1. The van der Waals surface area contributed by atoms with Crippen LogP contribution in [0.3, 0.4) is 0 Å². The highest BCUT2D eigenvalue weighted by Crippen LogP contribution is 2.32. The van der Waals surface area contributed by atoms with Gasteiger partial charge in [-0.1, -0.05) is 17.7 Å². The first-order valence-electron chi connectivity index (χ1n) is 6.01. The number of hydrogen-bond donors (Lipinski definition) is 1. The maximum absolute atomic E-state index is 9.79. The molecule has 0 aliphatic carbocycles. The summed E-state index contributed by atoms with van der Waals surface area (Å²) in [7, 11) is 0. The van der Waals surface area contributed by atoms with Crippen LogP contribution in [0.5, 0.6) is 0 Å². The zero-order valence-corrected chi connectivity index (χ0v) is 10.4. The van der Waals surface area contributed by atoms with Gasteiger partial charge in [0.25, 0.3) is 0 Å². The van der Waals surface area contributed by atoms with Gasteiger partial charge in [0.15, 0.2) is 0 Å². The Kier molecular flexibility index (Phi) is 2.94. The minimum absolute atomic E-state index is 0.147. The standard InChI is InChI=1S/C14H21NO/c1-11-4-6-12(7-5-11)15-10-13(16)8-9-14(15,2)3/h4-7,13,16H,8-10H2,1-3H3. The van der Waals surface area contributed by atoms with Crippen molar-refractivity contribution >= 4 is 5.69 Å². The summed E-state index contributed by atoms with van der Waals surface area (Å²) >= 11 is 0. The van der Waals surface area contributed by atoms with Crippen LogP contribution in [0.15, 0.2) is 24.3 Å². The average Bonchev–Trinajstić information content (AvgIpc) is 2.23. The lowest BCUT2D eigenvalue weighted by molar-refractivity contribution is 0.126. The first kappa shape index (κ1) is 11.5. The van der Waals surface area contributed by atoms with E-state index in [1.807, 2.05) is 0 Å². The molecule has 2 rings (SSSR count). The Morgan fingerprint density at radius 3 is 2.50 bits per heavy atom. The summed E-state index contributed by atoms with van der Waals surface area (Å²) in [6, 6.07) is 8.56. The summed E-state index contributed by atoms with van der Waals surface area (Å²) in [6.07, 6.45) is 1.77. The Bertz CT molecular complexity index is 356. The van der Waals surface area contributed by atoms with Crippen LogP contribution in [0.25, 0.3) is 0 Å². The molecule has 0 saturated carbocycles. The second-order valence-corrected chi connectivity index (χ2v) is 5.45. The van der Waals surface area contributed by atoms with Crippen molar-refractivity contribution in [1.29, 1.82) is 0 Å². The maximum atomic E-state index is 9.79. The van der Waals surface area contributed by atoms with Gasteiger partial charge in [-0.25, -0.2) is 0 Å². The van der Waals surface area contributed by atoms with Crippen molar-refractivity contribution in [2.24, 2.45) is 0 Å². The Labute approximate surface area is 97.9 Å². The highest BCUT2D eigenvalue weighted by molar-refractivity contribution is 5.50. The SMILES string of the molecule is Cc1ccc(N2CC(O)CCC2(C)C)cc1. The summed E-state index contributed by atoms with van der Waals surface area (Å²) in [5, 5.41) is 9.79. The van der Waals surface area contributed by atoms with Crippen molar-refractivity contribution in [2.45, 2.75) is 45.3 Å². The quantitative estimate of drug-likeness (QED) is 0.785. The van der Waals surface area contributed by atoms with Crippen LogP contribution >= 0.6 is 0 Å². The van der Waals surface area contributed by atoms with Gasteiger partial charge in [0.05, 0.1) is 6.10 Å². The molecule has 1 aromatic carbocycles. The molecule has 1 aromatic rings. The minimum atomic E-state index is -0.186. The van der Waals surface area contributed by atoms with Crippen LogP contribution in [-0.2, 0) is 0 Å². The number of hydrogen-bond acceptors (Lipinski definition) is 2. The van der Waals surface area contributed by atoms with E-state index in [4.69, 9.17) is 0 Å². The van der Waals surface area contributed by atoms with Crippen molar-refractivity contribution in [3.05, 3.63) is 29.8 Å². The third-order valence-corrected chi connectivity index (χ3v) is 3.56. The molecular formula is C14H21NO. The van der Waals surface area contributed by atoms with Crippen molar-refractivity contribution < 1.29 is 5.11 Å². The fourth-order valence-electron chi connectivity index (χ4n) is 2.38. The monoisotopic (exact) mass is 219 g/mol. The van der Waals surface area contributed by atoms with E-state index in [-0.39, 0.29) is 11.6 Å². The number of piperidine rings is 1. The number of anilines is 1. The van der Waals surface area contributed by atoms with Crippen LogP contribution in [0.2, 0.25) is 0 Å². The van der Waals surface area contributed by atoms with Crippen LogP contribution in [0, 0.1) is 6.92 Å². The molecule has 1 fully saturated rings. The molecule has 1 aliphatic rings. The van der Waals surface area contributed by atoms with E-state index in [1.54, 1.807) is 0 Å². The van der Waals surface area contributed by atoms with Gasteiger partial charge in [-0.05, 0) is 45.7 Å². The number of aliphatic hydroxyl groups excluding tert-OH is 1. The summed E-state index contributed by atoms with van der Waals surface area (Å²) in [5.74, 6) is 0. The molecule has 2 nitrogen and oxygen atoms in total. The largest absolute Gasteiger partial charge is 0.391 e. The average molecular weight is 219 g/mol. The number of aryl methyl sites for hydroxylation is 1. The maximum Gasteiger partial charge on any atom is 0.0716 e. The Hall–Kier alpha value is -1.02. The van der Waals surface area contributed by atoms with Gasteiger partial charge in [0, 0.05) is 17.8 Å². The van der Waals surface area contributed by atoms with Gasteiger partial charge >= 0.3 is 0 Å². The number of rotatable bonds is 1. The molecule has 0 spiro atoms. The first-order chi connectivity index (χ1) is 7.49. The minimum Gasteiger partial charge on any atom is -0.391 e. The van der Waals surface area contributed by atoms with E-state index in [2.05, 4.69) is 49.9 Å². The molecule has 1 unspecified atom stereocenters. The van der Waals surface area contributed by atoms with E-state index < -0.39 is 0 Å². The molecule has 0 amide bonds. The van der Waals surface area contributed by atoms with Crippen molar-refractivity contribution in [1.82, 2.24) is 0 Å². The second-order valence-electron chi connectivity index (χ2n) is 5.45. The summed E-state index contributed by atoms with van der Waals surface area (Å²) < 4.78 is 0. The van der Waals surface area contributed by atoms with Gasteiger partial charge in [-0.3, -0.25) is 0 Å².